The minimum absolute atomic E-state index is 0.170. The Bertz CT molecular complexity index is 1410. The van der Waals surface area contributed by atoms with Gasteiger partial charge in [-0.15, -0.1) is 0 Å². The zero-order chi connectivity index (χ0) is 21.4. The van der Waals surface area contributed by atoms with Crippen LogP contribution in [0.25, 0.3) is 28.2 Å². The van der Waals surface area contributed by atoms with Gasteiger partial charge in [-0.05, 0) is 37.3 Å². The summed E-state index contributed by atoms with van der Waals surface area (Å²) in [5.41, 5.74) is 3.97. The summed E-state index contributed by atoms with van der Waals surface area (Å²) in [6.07, 6.45) is 3.41. The lowest BCUT2D eigenvalue weighted by molar-refractivity contribution is 0.370. The Hall–Kier alpha value is -4.20. The summed E-state index contributed by atoms with van der Waals surface area (Å²) in [5.74, 6) is 1.55. The molecule has 0 bridgehead atoms. The molecule has 5 aromatic rings. The predicted molar refractivity (Wildman–Crippen MR) is 115 cm³/mol. The number of benzene rings is 2. The average Bonchev–Trinajstić information content (AvgIpc) is 3.44. The zero-order valence-electron chi connectivity index (χ0n) is 17.0. The molecule has 0 spiro atoms. The lowest BCUT2D eigenvalue weighted by Gasteiger charge is -2.02. The maximum Gasteiger partial charge on any atom is 0.277 e. The van der Waals surface area contributed by atoms with Gasteiger partial charge < -0.3 is 13.8 Å². The molecule has 0 saturated heterocycles. The molecule has 0 fully saturated rings. The van der Waals surface area contributed by atoms with Crippen molar-refractivity contribution in [3.63, 3.8) is 0 Å². The predicted octanol–water partition coefficient (Wildman–Crippen LogP) is 3.58. The van der Waals surface area contributed by atoms with Gasteiger partial charge in [0.2, 0.25) is 11.7 Å². The largest absolute Gasteiger partial charge is 0.497 e. The lowest BCUT2D eigenvalue weighted by atomic mass is 10.1. The van der Waals surface area contributed by atoms with Crippen molar-refractivity contribution in [3.8, 4) is 28.4 Å². The number of hydrogen-bond donors (Lipinski definition) is 0. The van der Waals surface area contributed by atoms with Crippen LogP contribution in [-0.4, -0.2) is 31.4 Å². The van der Waals surface area contributed by atoms with Gasteiger partial charge in [-0.2, -0.15) is 10.1 Å². The van der Waals surface area contributed by atoms with E-state index in [0.717, 1.165) is 22.6 Å². The van der Waals surface area contributed by atoms with Gasteiger partial charge in [0.25, 0.3) is 5.56 Å². The van der Waals surface area contributed by atoms with E-state index in [0.29, 0.717) is 17.2 Å². The van der Waals surface area contributed by atoms with Crippen molar-refractivity contribution in [3.05, 3.63) is 88.8 Å². The lowest BCUT2D eigenvalue weighted by Crippen LogP contribution is -2.21. The Morgan fingerprint density at radius 2 is 1.74 bits per heavy atom. The minimum Gasteiger partial charge on any atom is -0.497 e. The fraction of sp³-hybridized carbons (Fsp3) is 0.130. The first kappa shape index (κ1) is 18.8. The number of fused-ring (bicyclic) bond motifs is 1. The van der Waals surface area contributed by atoms with Gasteiger partial charge in [0.1, 0.15) is 17.8 Å². The van der Waals surface area contributed by atoms with E-state index in [1.54, 1.807) is 30.1 Å². The SMILES string of the molecule is COc1ccc(-c2noc(Cn3ccn4nc(-c5ccc(C)cc5)cc4c3=O)n2)cc1. The van der Waals surface area contributed by atoms with Crippen molar-refractivity contribution >= 4 is 5.52 Å². The van der Waals surface area contributed by atoms with Crippen molar-refractivity contribution in [1.29, 1.82) is 0 Å². The van der Waals surface area contributed by atoms with Crippen LogP contribution < -0.4 is 10.3 Å². The van der Waals surface area contributed by atoms with Gasteiger partial charge in [-0.3, -0.25) is 4.79 Å². The summed E-state index contributed by atoms with van der Waals surface area (Å²) in [7, 11) is 1.61. The van der Waals surface area contributed by atoms with E-state index < -0.39 is 0 Å². The highest BCUT2D eigenvalue weighted by Gasteiger charge is 2.13. The first-order chi connectivity index (χ1) is 15.1. The van der Waals surface area contributed by atoms with Crippen LogP contribution in [0.4, 0.5) is 0 Å². The highest BCUT2D eigenvalue weighted by Crippen LogP contribution is 2.21. The molecule has 0 atom stereocenters. The highest BCUT2D eigenvalue weighted by molar-refractivity contribution is 5.65. The number of hydrogen-bond acceptors (Lipinski definition) is 6. The van der Waals surface area contributed by atoms with Crippen LogP contribution in [0, 0.1) is 6.92 Å². The molecule has 8 nitrogen and oxygen atoms in total. The molecule has 2 aromatic carbocycles. The molecule has 3 aromatic heterocycles. The Morgan fingerprint density at radius 3 is 2.48 bits per heavy atom. The van der Waals surface area contributed by atoms with E-state index in [1.807, 2.05) is 55.5 Å². The molecule has 5 rings (SSSR count). The molecule has 0 unspecified atom stereocenters. The molecule has 0 amide bonds. The minimum atomic E-state index is -0.183. The number of ether oxygens (including phenoxy) is 1. The summed E-state index contributed by atoms with van der Waals surface area (Å²) < 4.78 is 13.6. The summed E-state index contributed by atoms with van der Waals surface area (Å²) in [6, 6.07) is 17.2. The maximum atomic E-state index is 13.0. The van der Waals surface area contributed by atoms with Gasteiger partial charge >= 0.3 is 0 Å². The van der Waals surface area contributed by atoms with Gasteiger partial charge in [-0.1, -0.05) is 35.0 Å². The third-order valence-electron chi connectivity index (χ3n) is 5.07. The summed E-state index contributed by atoms with van der Waals surface area (Å²) in [5, 5.41) is 8.54. The molecule has 0 saturated carbocycles. The number of methoxy groups -OCH3 is 1. The van der Waals surface area contributed by atoms with Gasteiger partial charge in [0.15, 0.2) is 0 Å². The van der Waals surface area contributed by atoms with Crippen LogP contribution in [0.3, 0.4) is 0 Å². The van der Waals surface area contributed by atoms with Crippen LogP contribution in [-0.2, 0) is 6.54 Å². The number of aromatic nitrogens is 5. The molecule has 0 aliphatic carbocycles. The van der Waals surface area contributed by atoms with E-state index in [-0.39, 0.29) is 12.1 Å². The van der Waals surface area contributed by atoms with Crippen LogP contribution in [0.1, 0.15) is 11.5 Å². The summed E-state index contributed by atoms with van der Waals surface area (Å²) >= 11 is 0. The fourth-order valence-electron chi connectivity index (χ4n) is 3.34. The summed E-state index contributed by atoms with van der Waals surface area (Å²) in [6.45, 7) is 2.20. The van der Waals surface area contributed by atoms with Crippen LogP contribution >= 0.6 is 0 Å². The van der Waals surface area contributed by atoms with Crippen LogP contribution in [0.5, 0.6) is 5.75 Å². The topological polar surface area (TPSA) is 87.5 Å². The second kappa shape index (κ2) is 7.56. The van der Waals surface area contributed by atoms with Crippen molar-refractivity contribution in [2.24, 2.45) is 0 Å². The second-order valence-corrected chi connectivity index (χ2v) is 7.20. The van der Waals surface area contributed by atoms with Gasteiger partial charge in [0.05, 0.1) is 12.8 Å². The molecular formula is C23H19N5O3. The molecule has 31 heavy (non-hydrogen) atoms. The van der Waals surface area contributed by atoms with E-state index in [2.05, 4.69) is 15.2 Å². The van der Waals surface area contributed by atoms with Crippen molar-refractivity contribution < 1.29 is 9.26 Å². The van der Waals surface area contributed by atoms with Crippen LogP contribution in [0.2, 0.25) is 0 Å². The average molecular weight is 413 g/mol. The Balaban J connectivity index is 1.43. The van der Waals surface area contributed by atoms with Crippen LogP contribution in [0.15, 0.2) is 76.3 Å². The van der Waals surface area contributed by atoms with Crippen molar-refractivity contribution in [2.45, 2.75) is 13.5 Å². The molecule has 8 heteroatoms. The van der Waals surface area contributed by atoms with E-state index >= 15 is 0 Å². The first-order valence-electron chi connectivity index (χ1n) is 9.73. The normalized spacial score (nSPS) is 11.2. The fourth-order valence-corrected chi connectivity index (χ4v) is 3.34. The monoisotopic (exact) mass is 413 g/mol. The first-order valence-corrected chi connectivity index (χ1v) is 9.73. The van der Waals surface area contributed by atoms with Gasteiger partial charge in [0, 0.05) is 23.5 Å². The Morgan fingerprint density at radius 1 is 1.00 bits per heavy atom. The van der Waals surface area contributed by atoms with Gasteiger partial charge in [-0.25, -0.2) is 4.52 Å². The standard InChI is InChI=1S/C23H19N5O3/c1-15-3-5-16(6-4-15)19-13-20-23(29)27(11-12-28(20)25-19)14-21-24-22(26-31-21)17-7-9-18(30-2)10-8-17/h3-13H,14H2,1-2H3. The second-order valence-electron chi connectivity index (χ2n) is 7.20. The Labute approximate surface area is 177 Å². The molecule has 0 N–H and O–H groups in total. The summed E-state index contributed by atoms with van der Waals surface area (Å²) in [4.78, 5) is 17.4. The Kier molecular flexibility index (Phi) is 4.59. The molecule has 0 aliphatic rings. The molecule has 3 heterocycles. The molecule has 0 aliphatic heterocycles. The smallest absolute Gasteiger partial charge is 0.277 e. The number of aryl methyl sites for hydroxylation is 1. The third-order valence-corrected chi connectivity index (χ3v) is 5.07. The van der Waals surface area contributed by atoms with Crippen molar-refractivity contribution in [1.82, 2.24) is 24.3 Å². The van der Waals surface area contributed by atoms with E-state index in [4.69, 9.17) is 9.26 Å². The van der Waals surface area contributed by atoms with Crippen molar-refractivity contribution in [2.75, 3.05) is 7.11 Å². The third kappa shape index (κ3) is 3.59. The number of rotatable bonds is 5. The zero-order valence-corrected chi connectivity index (χ0v) is 17.0. The quantitative estimate of drug-likeness (QED) is 0.438. The van der Waals surface area contributed by atoms with E-state index in [9.17, 15) is 4.79 Å². The highest BCUT2D eigenvalue weighted by atomic mass is 16.5. The van der Waals surface area contributed by atoms with E-state index in [1.165, 1.54) is 10.1 Å². The molecular weight excluding hydrogens is 394 g/mol. The molecule has 154 valence electrons. The molecule has 0 radical (unpaired) electrons. The number of nitrogens with zero attached hydrogens (tertiary/aromatic N) is 5. The maximum absolute atomic E-state index is 13.0.